The van der Waals surface area contributed by atoms with E-state index in [0.717, 1.165) is 0 Å². The van der Waals surface area contributed by atoms with Crippen molar-refractivity contribution in [1.82, 2.24) is 9.38 Å². The number of pyridine rings is 1. The van der Waals surface area contributed by atoms with Crippen molar-refractivity contribution in [2.45, 2.75) is 0 Å². The Morgan fingerprint density at radius 3 is 3.08 bits per heavy atom. The summed E-state index contributed by atoms with van der Waals surface area (Å²) in [5, 5.41) is 9.20. The van der Waals surface area contributed by atoms with Crippen molar-refractivity contribution in [3.8, 4) is 0 Å². The van der Waals surface area contributed by atoms with Crippen molar-refractivity contribution in [1.29, 1.82) is 0 Å². The summed E-state index contributed by atoms with van der Waals surface area (Å²) in [4.78, 5) is 14.6. The lowest BCUT2D eigenvalue weighted by atomic mass is 10.3. The minimum atomic E-state index is -1.01. The quantitative estimate of drug-likeness (QED) is 0.755. The van der Waals surface area contributed by atoms with Crippen LogP contribution in [0, 0.1) is 0 Å². The molecule has 5 heteroatoms. The Hall–Kier alpha value is -1.55. The van der Waals surface area contributed by atoms with E-state index >= 15 is 0 Å². The molecular weight excluding hydrogens is 192 g/mol. The van der Waals surface area contributed by atoms with E-state index in [1.54, 1.807) is 12.3 Å². The predicted molar refractivity (Wildman–Crippen MR) is 47.2 cm³/mol. The SMILES string of the molecule is O=C(O)c1cccn2c(Cl)cnc12. The van der Waals surface area contributed by atoms with Gasteiger partial charge in [-0.3, -0.25) is 4.40 Å². The Labute approximate surface area is 78.4 Å². The number of rotatable bonds is 1. The van der Waals surface area contributed by atoms with E-state index in [2.05, 4.69) is 4.98 Å². The molecule has 0 aromatic carbocycles. The maximum absolute atomic E-state index is 10.7. The van der Waals surface area contributed by atoms with Crippen LogP contribution in [0.5, 0.6) is 0 Å². The Balaban J connectivity index is 2.84. The fourth-order valence-corrected chi connectivity index (χ4v) is 1.33. The van der Waals surface area contributed by atoms with Crippen molar-refractivity contribution in [3.05, 3.63) is 35.2 Å². The molecule has 1 N–H and O–H groups in total. The van der Waals surface area contributed by atoms with E-state index in [4.69, 9.17) is 16.7 Å². The molecule has 0 spiro atoms. The van der Waals surface area contributed by atoms with Crippen molar-refractivity contribution in [2.75, 3.05) is 0 Å². The van der Waals surface area contributed by atoms with E-state index in [0.29, 0.717) is 10.8 Å². The van der Waals surface area contributed by atoms with E-state index in [9.17, 15) is 4.79 Å². The van der Waals surface area contributed by atoms with Gasteiger partial charge in [0.2, 0.25) is 0 Å². The number of halogens is 1. The first-order valence-corrected chi connectivity index (χ1v) is 3.93. The average molecular weight is 197 g/mol. The van der Waals surface area contributed by atoms with E-state index in [-0.39, 0.29) is 5.56 Å². The lowest BCUT2D eigenvalue weighted by Gasteiger charge is -1.97. The molecule has 0 fully saturated rings. The summed E-state index contributed by atoms with van der Waals surface area (Å²) >= 11 is 5.76. The molecule has 0 aliphatic rings. The maximum atomic E-state index is 10.7. The Kier molecular flexibility index (Phi) is 1.70. The van der Waals surface area contributed by atoms with Crippen LogP contribution in [-0.2, 0) is 0 Å². The topological polar surface area (TPSA) is 54.6 Å². The maximum Gasteiger partial charge on any atom is 0.339 e. The number of hydrogen-bond acceptors (Lipinski definition) is 2. The highest BCUT2D eigenvalue weighted by atomic mass is 35.5. The van der Waals surface area contributed by atoms with Crippen LogP contribution in [0.3, 0.4) is 0 Å². The summed E-state index contributed by atoms with van der Waals surface area (Å²) in [6, 6.07) is 3.10. The van der Waals surface area contributed by atoms with Gasteiger partial charge < -0.3 is 5.11 Å². The van der Waals surface area contributed by atoms with Crippen molar-refractivity contribution >= 4 is 23.2 Å². The fraction of sp³-hybridized carbons (Fsp3) is 0. The second-order valence-corrected chi connectivity index (χ2v) is 2.89. The van der Waals surface area contributed by atoms with Crippen LogP contribution in [0.25, 0.3) is 5.65 Å². The molecule has 0 bridgehead atoms. The smallest absolute Gasteiger partial charge is 0.339 e. The monoisotopic (exact) mass is 196 g/mol. The zero-order valence-corrected chi connectivity index (χ0v) is 7.19. The molecule has 2 aromatic rings. The molecule has 0 aliphatic carbocycles. The normalized spacial score (nSPS) is 10.5. The van der Waals surface area contributed by atoms with Crippen molar-refractivity contribution in [3.63, 3.8) is 0 Å². The average Bonchev–Trinajstić information content (AvgIpc) is 2.48. The van der Waals surface area contributed by atoms with Gasteiger partial charge in [0.05, 0.1) is 6.20 Å². The third-order valence-electron chi connectivity index (χ3n) is 1.72. The first kappa shape index (κ1) is 8.07. The number of imidazole rings is 1. The Bertz CT molecular complexity index is 478. The molecule has 0 atom stereocenters. The number of carboxylic acids is 1. The summed E-state index contributed by atoms with van der Waals surface area (Å²) in [6.45, 7) is 0. The van der Waals surface area contributed by atoms with Crippen LogP contribution in [0.2, 0.25) is 5.15 Å². The second-order valence-electron chi connectivity index (χ2n) is 2.50. The molecule has 2 heterocycles. The van der Waals surface area contributed by atoms with E-state index in [1.165, 1.54) is 16.7 Å². The number of nitrogens with zero attached hydrogens (tertiary/aromatic N) is 2. The summed E-state index contributed by atoms with van der Waals surface area (Å²) in [6.07, 6.45) is 3.08. The largest absolute Gasteiger partial charge is 0.478 e. The van der Waals surface area contributed by atoms with Crippen LogP contribution in [0.1, 0.15) is 10.4 Å². The zero-order chi connectivity index (χ0) is 9.42. The molecule has 0 unspecified atom stereocenters. The summed E-state index contributed by atoms with van der Waals surface area (Å²) < 4.78 is 1.52. The highest BCUT2D eigenvalue weighted by molar-refractivity contribution is 6.29. The van der Waals surface area contributed by atoms with Gasteiger partial charge in [-0.15, -0.1) is 0 Å². The van der Waals surface area contributed by atoms with Gasteiger partial charge in [-0.25, -0.2) is 9.78 Å². The summed E-state index contributed by atoms with van der Waals surface area (Å²) in [7, 11) is 0. The zero-order valence-electron chi connectivity index (χ0n) is 6.44. The van der Waals surface area contributed by atoms with Gasteiger partial charge in [0.15, 0.2) is 5.65 Å². The molecule has 0 saturated heterocycles. The van der Waals surface area contributed by atoms with Gasteiger partial charge >= 0.3 is 5.97 Å². The minimum Gasteiger partial charge on any atom is -0.478 e. The molecule has 4 nitrogen and oxygen atoms in total. The van der Waals surface area contributed by atoms with E-state index < -0.39 is 5.97 Å². The number of carboxylic acid groups (broad SMARTS) is 1. The molecule has 2 aromatic heterocycles. The Morgan fingerprint density at radius 1 is 1.62 bits per heavy atom. The van der Waals surface area contributed by atoms with Crippen molar-refractivity contribution < 1.29 is 9.90 Å². The molecule has 66 valence electrons. The van der Waals surface area contributed by atoms with Gasteiger partial charge in [-0.2, -0.15) is 0 Å². The number of aromatic nitrogens is 2. The van der Waals surface area contributed by atoms with Crippen LogP contribution >= 0.6 is 11.6 Å². The first-order valence-electron chi connectivity index (χ1n) is 3.55. The molecule has 13 heavy (non-hydrogen) atoms. The van der Waals surface area contributed by atoms with Crippen LogP contribution in [-0.4, -0.2) is 20.5 Å². The minimum absolute atomic E-state index is 0.148. The highest BCUT2D eigenvalue weighted by Crippen LogP contribution is 2.15. The van der Waals surface area contributed by atoms with Gasteiger partial charge in [0.1, 0.15) is 10.7 Å². The van der Waals surface area contributed by atoms with Gasteiger partial charge in [-0.1, -0.05) is 11.6 Å². The number of hydrogen-bond donors (Lipinski definition) is 1. The Morgan fingerprint density at radius 2 is 2.38 bits per heavy atom. The molecular formula is C8H5ClN2O2. The summed E-state index contributed by atoms with van der Waals surface area (Å²) in [5.74, 6) is -1.01. The van der Waals surface area contributed by atoms with Gasteiger partial charge in [-0.05, 0) is 12.1 Å². The van der Waals surface area contributed by atoms with Crippen molar-refractivity contribution in [2.24, 2.45) is 0 Å². The first-order chi connectivity index (χ1) is 6.20. The molecule has 0 radical (unpaired) electrons. The molecule has 0 aliphatic heterocycles. The molecule has 0 amide bonds. The lowest BCUT2D eigenvalue weighted by molar-refractivity contribution is 0.0698. The third kappa shape index (κ3) is 1.15. The third-order valence-corrected chi connectivity index (χ3v) is 2.00. The number of fused-ring (bicyclic) bond motifs is 1. The van der Waals surface area contributed by atoms with Gasteiger partial charge in [0.25, 0.3) is 0 Å². The second kappa shape index (κ2) is 2.74. The number of aromatic carboxylic acids is 1. The molecule has 2 rings (SSSR count). The van der Waals surface area contributed by atoms with Crippen LogP contribution in [0.4, 0.5) is 0 Å². The molecule has 0 saturated carbocycles. The van der Waals surface area contributed by atoms with E-state index in [1.807, 2.05) is 0 Å². The summed E-state index contributed by atoms with van der Waals surface area (Å²) in [5.41, 5.74) is 0.509. The predicted octanol–water partition coefficient (Wildman–Crippen LogP) is 1.69. The van der Waals surface area contributed by atoms with Crippen LogP contribution in [0.15, 0.2) is 24.5 Å². The lowest BCUT2D eigenvalue weighted by Crippen LogP contribution is -2.00. The van der Waals surface area contributed by atoms with Crippen LogP contribution < -0.4 is 0 Å². The highest BCUT2D eigenvalue weighted by Gasteiger charge is 2.10. The van der Waals surface area contributed by atoms with Gasteiger partial charge in [0, 0.05) is 6.20 Å². The standard InChI is InChI=1S/C8H5ClN2O2/c9-6-4-10-7-5(8(12)13)2-1-3-11(6)7/h1-4H,(H,12,13). The fourth-order valence-electron chi connectivity index (χ4n) is 1.15. The number of carbonyl (C=O) groups is 1.